The number of ether oxygens (including phenoxy) is 2. The zero-order valence-corrected chi connectivity index (χ0v) is 19.2. The first-order valence-electron chi connectivity index (χ1n) is 11.1. The predicted octanol–water partition coefficient (Wildman–Crippen LogP) is 6.73. The van der Waals surface area contributed by atoms with Crippen molar-refractivity contribution < 1.29 is 14.3 Å². The Bertz CT molecular complexity index is 1090. The Morgan fingerprint density at radius 3 is 2.59 bits per heavy atom. The zero-order valence-electron chi connectivity index (χ0n) is 18.4. The second-order valence-corrected chi connectivity index (χ2v) is 8.58. The second-order valence-electron chi connectivity index (χ2n) is 8.17. The normalized spacial score (nSPS) is 16.5. The Morgan fingerprint density at radius 1 is 1.06 bits per heavy atom. The summed E-state index contributed by atoms with van der Waals surface area (Å²) >= 11 is 6.21. The number of halogens is 1. The van der Waals surface area contributed by atoms with Crippen molar-refractivity contribution in [1.82, 2.24) is 5.32 Å². The maximum Gasteiger partial charge on any atom is 0.251 e. The Balaban J connectivity index is 1.50. The lowest BCUT2D eigenvalue weighted by molar-refractivity contribution is 0.0227. The highest BCUT2D eigenvalue weighted by atomic mass is 35.5. The van der Waals surface area contributed by atoms with Crippen molar-refractivity contribution >= 4 is 17.5 Å². The lowest BCUT2D eigenvalue weighted by Gasteiger charge is -2.41. The summed E-state index contributed by atoms with van der Waals surface area (Å²) in [6, 6.07) is 22.7. The fourth-order valence-corrected chi connectivity index (χ4v) is 4.37. The lowest BCUT2D eigenvalue weighted by atomic mass is 9.83. The number of hydrogen-bond acceptors (Lipinski definition) is 3. The summed E-state index contributed by atoms with van der Waals surface area (Å²) in [5.74, 6) is 1.35. The smallest absolute Gasteiger partial charge is 0.251 e. The van der Waals surface area contributed by atoms with Crippen LogP contribution in [0.15, 0.2) is 72.8 Å². The average molecular weight is 450 g/mol. The van der Waals surface area contributed by atoms with Crippen molar-refractivity contribution in [3.8, 4) is 11.5 Å². The van der Waals surface area contributed by atoms with Crippen LogP contribution in [0.5, 0.6) is 11.5 Å². The summed E-state index contributed by atoms with van der Waals surface area (Å²) in [7, 11) is 0. The summed E-state index contributed by atoms with van der Waals surface area (Å²) in [5, 5.41) is 3.89. The number of para-hydroxylation sites is 1. The van der Waals surface area contributed by atoms with Crippen molar-refractivity contribution in [2.45, 2.75) is 51.4 Å². The first-order valence-corrected chi connectivity index (χ1v) is 11.5. The fraction of sp³-hybridized carbons (Fsp3) is 0.296. The van der Waals surface area contributed by atoms with Crippen LogP contribution in [-0.4, -0.2) is 11.5 Å². The lowest BCUT2D eigenvalue weighted by Crippen LogP contribution is -2.44. The van der Waals surface area contributed by atoms with Crippen LogP contribution in [-0.2, 0) is 6.61 Å². The maximum atomic E-state index is 13.2. The summed E-state index contributed by atoms with van der Waals surface area (Å²) in [4.78, 5) is 13.2. The van der Waals surface area contributed by atoms with Crippen LogP contribution >= 0.6 is 11.6 Å². The molecule has 0 aliphatic carbocycles. The predicted molar refractivity (Wildman–Crippen MR) is 127 cm³/mol. The van der Waals surface area contributed by atoms with E-state index in [-0.39, 0.29) is 17.6 Å². The van der Waals surface area contributed by atoms with Gasteiger partial charge in [0.1, 0.15) is 23.7 Å². The molecule has 0 bridgehead atoms. The highest BCUT2D eigenvalue weighted by Gasteiger charge is 2.39. The fourth-order valence-electron chi connectivity index (χ4n) is 4.18. The minimum Gasteiger partial charge on any atom is -0.489 e. The van der Waals surface area contributed by atoms with E-state index in [1.54, 1.807) is 12.1 Å². The third-order valence-electron chi connectivity index (χ3n) is 6.24. The third kappa shape index (κ3) is 4.76. The molecule has 32 heavy (non-hydrogen) atoms. The summed E-state index contributed by atoms with van der Waals surface area (Å²) in [5.41, 5.74) is 2.21. The van der Waals surface area contributed by atoms with E-state index in [2.05, 4.69) is 19.2 Å². The molecule has 1 amide bonds. The van der Waals surface area contributed by atoms with Crippen LogP contribution in [0, 0.1) is 0 Å². The molecule has 0 saturated carbocycles. The molecule has 4 nitrogen and oxygen atoms in total. The maximum absolute atomic E-state index is 13.2. The second kappa shape index (κ2) is 9.66. The largest absolute Gasteiger partial charge is 0.489 e. The molecule has 0 aromatic heterocycles. The molecular formula is C27H28ClNO3. The molecule has 1 N–H and O–H groups in total. The minimum absolute atomic E-state index is 0.111. The third-order valence-corrected chi connectivity index (χ3v) is 6.61. The van der Waals surface area contributed by atoms with Crippen LogP contribution in [0.1, 0.15) is 60.6 Å². The van der Waals surface area contributed by atoms with E-state index in [9.17, 15) is 4.79 Å². The molecule has 5 heteroatoms. The SMILES string of the molecule is CCC1(CC)C[C@@H](NC(=O)c2cccc(OCc3ccccc3Cl)c2)c2ccccc2O1. The topological polar surface area (TPSA) is 47.6 Å². The van der Waals surface area contributed by atoms with Gasteiger partial charge in [-0.05, 0) is 43.2 Å². The summed E-state index contributed by atoms with van der Waals surface area (Å²) < 4.78 is 12.2. The van der Waals surface area contributed by atoms with E-state index in [1.165, 1.54) is 0 Å². The number of hydrogen-bond donors (Lipinski definition) is 1. The van der Waals surface area contributed by atoms with Gasteiger partial charge in [0.25, 0.3) is 5.91 Å². The van der Waals surface area contributed by atoms with Gasteiger partial charge in [-0.2, -0.15) is 0 Å². The van der Waals surface area contributed by atoms with E-state index < -0.39 is 0 Å². The van der Waals surface area contributed by atoms with E-state index >= 15 is 0 Å². The molecule has 166 valence electrons. The monoisotopic (exact) mass is 449 g/mol. The van der Waals surface area contributed by atoms with Crippen LogP contribution in [0.25, 0.3) is 0 Å². The highest BCUT2D eigenvalue weighted by Crippen LogP contribution is 2.42. The van der Waals surface area contributed by atoms with Crippen molar-refractivity contribution in [3.63, 3.8) is 0 Å². The summed E-state index contributed by atoms with van der Waals surface area (Å²) in [6.07, 6.45) is 2.51. The van der Waals surface area contributed by atoms with Gasteiger partial charge in [0.2, 0.25) is 0 Å². The van der Waals surface area contributed by atoms with Crippen molar-refractivity contribution in [2.75, 3.05) is 0 Å². The van der Waals surface area contributed by atoms with Crippen molar-refractivity contribution in [1.29, 1.82) is 0 Å². The van der Waals surface area contributed by atoms with E-state index in [1.807, 2.05) is 60.7 Å². The minimum atomic E-state index is -0.272. The molecule has 0 spiro atoms. The number of benzene rings is 3. The van der Waals surface area contributed by atoms with Crippen LogP contribution in [0.3, 0.4) is 0 Å². The zero-order chi connectivity index (χ0) is 22.6. The van der Waals surface area contributed by atoms with Crippen LogP contribution in [0.4, 0.5) is 0 Å². The Kier molecular flexibility index (Phi) is 6.71. The molecule has 3 aromatic carbocycles. The van der Waals surface area contributed by atoms with Gasteiger partial charge in [0.15, 0.2) is 0 Å². The Labute approximate surface area is 194 Å². The van der Waals surface area contributed by atoms with Crippen molar-refractivity contribution in [3.05, 3.63) is 94.5 Å². The molecule has 1 aliphatic heterocycles. The molecule has 1 atom stereocenters. The Morgan fingerprint density at radius 2 is 1.81 bits per heavy atom. The van der Waals surface area contributed by atoms with E-state index in [4.69, 9.17) is 21.1 Å². The van der Waals surface area contributed by atoms with Gasteiger partial charge in [-0.1, -0.05) is 67.9 Å². The van der Waals surface area contributed by atoms with E-state index in [0.29, 0.717) is 22.9 Å². The molecule has 0 unspecified atom stereocenters. The van der Waals surface area contributed by atoms with Gasteiger partial charge < -0.3 is 14.8 Å². The van der Waals surface area contributed by atoms with Gasteiger partial charge in [-0.15, -0.1) is 0 Å². The number of amides is 1. The highest BCUT2D eigenvalue weighted by molar-refractivity contribution is 6.31. The molecule has 0 saturated heterocycles. The average Bonchev–Trinajstić information content (AvgIpc) is 2.83. The van der Waals surface area contributed by atoms with Gasteiger partial charge in [-0.25, -0.2) is 0 Å². The van der Waals surface area contributed by atoms with Gasteiger partial charge in [0.05, 0.1) is 6.04 Å². The molecule has 4 rings (SSSR count). The number of nitrogens with one attached hydrogen (secondary N) is 1. The van der Waals surface area contributed by atoms with Gasteiger partial charge in [0, 0.05) is 28.1 Å². The van der Waals surface area contributed by atoms with Crippen LogP contribution < -0.4 is 14.8 Å². The number of rotatable bonds is 7. The quantitative estimate of drug-likeness (QED) is 0.435. The molecular weight excluding hydrogens is 422 g/mol. The first-order chi connectivity index (χ1) is 15.5. The molecule has 1 aliphatic rings. The molecule has 1 heterocycles. The number of fused-ring (bicyclic) bond motifs is 1. The number of carbonyl (C=O) groups excluding carboxylic acids is 1. The molecule has 3 aromatic rings. The summed E-state index contributed by atoms with van der Waals surface area (Å²) in [6.45, 7) is 4.61. The van der Waals surface area contributed by atoms with Gasteiger partial charge in [-0.3, -0.25) is 4.79 Å². The van der Waals surface area contributed by atoms with Crippen molar-refractivity contribution in [2.24, 2.45) is 0 Å². The van der Waals surface area contributed by atoms with Crippen LogP contribution in [0.2, 0.25) is 5.02 Å². The number of carbonyl (C=O) groups is 1. The van der Waals surface area contributed by atoms with E-state index in [0.717, 1.165) is 36.1 Å². The first kappa shape index (κ1) is 22.2. The Hall–Kier alpha value is -2.98. The standard InChI is InChI=1S/C27H28ClNO3/c1-3-27(4-2)17-24(22-13-6-8-15-25(22)32-27)29-26(30)19-11-9-12-21(16-19)31-18-20-10-5-7-14-23(20)28/h5-16,24H,3-4,17-18H2,1-2H3,(H,29,30)/t24-/m1/s1. The van der Waals surface area contributed by atoms with Gasteiger partial charge >= 0.3 is 0 Å². The molecule has 0 radical (unpaired) electrons. The molecule has 0 fully saturated rings.